The van der Waals surface area contributed by atoms with Gasteiger partial charge in [0.15, 0.2) is 6.61 Å². The van der Waals surface area contributed by atoms with Crippen molar-refractivity contribution in [2.45, 2.75) is 57.9 Å². The van der Waals surface area contributed by atoms with Crippen molar-refractivity contribution in [1.29, 1.82) is 0 Å². The predicted octanol–water partition coefficient (Wildman–Crippen LogP) is 3.73. The Morgan fingerprint density at radius 2 is 1.68 bits per heavy atom. The van der Waals surface area contributed by atoms with Gasteiger partial charge in [-0.05, 0) is 63.4 Å². The van der Waals surface area contributed by atoms with Crippen molar-refractivity contribution < 1.29 is 22.7 Å². The van der Waals surface area contributed by atoms with E-state index in [1.807, 2.05) is 19.9 Å². The summed E-state index contributed by atoms with van der Waals surface area (Å²) < 4.78 is 34.2. The lowest BCUT2D eigenvalue weighted by Gasteiger charge is -2.25. The van der Waals surface area contributed by atoms with E-state index in [9.17, 15) is 18.0 Å². The van der Waals surface area contributed by atoms with Gasteiger partial charge in [-0.3, -0.25) is 4.79 Å². The summed E-state index contributed by atoms with van der Waals surface area (Å²) in [6, 6.07) is 7.51. The minimum atomic E-state index is -3.55. The van der Waals surface area contributed by atoms with Gasteiger partial charge in [0.25, 0.3) is 0 Å². The fourth-order valence-corrected chi connectivity index (χ4v) is 5.48. The lowest BCUT2D eigenvalue weighted by atomic mass is 10.1. The molecule has 2 heterocycles. The van der Waals surface area contributed by atoms with Crippen LogP contribution in [0.3, 0.4) is 0 Å². The van der Waals surface area contributed by atoms with Crippen LogP contribution in [0.4, 0.5) is 0 Å². The van der Waals surface area contributed by atoms with Crippen LogP contribution in [0.5, 0.6) is 0 Å². The second kappa shape index (κ2) is 9.78. The fraction of sp³-hybridized carbons (Fsp3) is 0.478. The lowest BCUT2D eigenvalue weighted by molar-refractivity contribution is 0.0474. The van der Waals surface area contributed by atoms with Crippen molar-refractivity contribution >= 4 is 21.8 Å². The molecule has 8 heteroatoms. The first-order valence-corrected chi connectivity index (χ1v) is 12.2. The molecular formula is C23H30N2O5S. The average Bonchev–Trinajstić information content (AvgIpc) is 3.06. The standard InChI is InChI=1S/C23H30N2O5S/c1-4-12-25-17(2)15-21(18(25)3)22(26)16-30-23(27)19-8-10-20(11-9-19)31(28,29)24-13-6-5-7-14-24/h8-11,15H,4-7,12-14,16H2,1-3H3. The number of ketones is 1. The molecule has 0 amide bonds. The molecule has 0 aliphatic carbocycles. The molecule has 168 valence electrons. The highest BCUT2D eigenvalue weighted by Gasteiger charge is 2.26. The Labute approximate surface area is 184 Å². The van der Waals surface area contributed by atoms with Crippen molar-refractivity contribution in [3.05, 3.63) is 52.8 Å². The molecular weight excluding hydrogens is 416 g/mol. The molecule has 0 unspecified atom stereocenters. The molecule has 1 saturated heterocycles. The summed E-state index contributed by atoms with van der Waals surface area (Å²) in [5.74, 6) is -0.911. The fourth-order valence-electron chi connectivity index (χ4n) is 3.96. The van der Waals surface area contributed by atoms with E-state index < -0.39 is 16.0 Å². The normalized spacial score (nSPS) is 15.1. The number of hydrogen-bond donors (Lipinski definition) is 0. The zero-order chi connectivity index (χ0) is 22.6. The Morgan fingerprint density at radius 3 is 2.29 bits per heavy atom. The Kier molecular flexibility index (Phi) is 7.33. The third kappa shape index (κ3) is 5.07. The first kappa shape index (κ1) is 23.2. The summed E-state index contributed by atoms with van der Waals surface area (Å²) in [7, 11) is -3.55. The number of benzene rings is 1. The molecule has 0 N–H and O–H groups in total. The molecule has 2 aromatic rings. The molecule has 7 nitrogen and oxygen atoms in total. The van der Waals surface area contributed by atoms with Crippen molar-refractivity contribution in [3.63, 3.8) is 0 Å². The van der Waals surface area contributed by atoms with E-state index in [0.717, 1.165) is 43.6 Å². The third-order valence-corrected chi connectivity index (χ3v) is 7.61. The van der Waals surface area contributed by atoms with Gasteiger partial charge in [0.2, 0.25) is 15.8 Å². The summed E-state index contributed by atoms with van der Waals surface area (Å²) in [6.07, 6.45) is 3.72. The summed E-state index contributed by atoms with van der Waals surface area (Å²) in [5.41, 5.74) is 2.63. The molecule has 1 fully saturated rings. The highest BCUT2D eigenvalue weighted by atomic mass is 32.2. The maximum atomic E-state index is 12.7. The molecule has 1 aromatic heterocycles. The van der Waals surface area contributed by atoms with Gasteiger partial charge in [-0.1, -0.05) is 13.3 Å². The van der Waals surface area contributed by atoms with Crippen LogP contribution < -0.4 is 0 Å². The lowest BCUT2D eigenvalue weighted by Crippen LogP contribution is -2.35. The molecule has 0 spiro atoms. The van der Waals surface area contributed by atoms with Gasteiger partial charge >= 0.3 is 5.97 Å². The molecule has 31 heavy (non-hydrogen) atoms. The number of carbonyl (C=O) groups excluding carboxylic acids is 2. The SMILES string of the molecule is CCCn1c(C)cc(C(=O)COC(=O)c2ccc(S(=O)(=O)N3CCCCC3)cc2)c1C. The predicted molar refractivity (Wildman–Crippen MR) is 118 cm³/mol. The smallest absolute Gasteiger partial charge is 0.338 e. The maximum absolute atomic E-state index is 12.7. The first-order chi connectivity index (χ1) is 14.8. The zero-order valence-electron chi connectivity index (χ0n) is 18.4. The highest BCUT2D eigenvalue weighted by molar-refractivity contribution is 7.89. The van der Waals surface area contributed by atoms with E-state index in [-0.39, 0.29) is 22.8 Å². The first-order valence-electron chi connectivity index (χ1n) is 10.7. The summed E-state index contributed by atoms with van der Waals surface area (Å²) >= 11 is 0. The maximum Gasteiger partial charge on any atom is 0.338 e. The topological polar surface area (TPSA) is 85.7 Å². The largest absolute Gasteiger partial charge is 0.454 e. The molecule has 0 radical (unpaired) electrons. The van der Waals surface area contributed by atoms with Gasteiger partial charge in [-0.25, -0.2) is 13.2 Å². The van der Waals surface area contributed by atoms with Crippen LogP contribution in [0.1, 0.15) is 64.7 Å². The van der Waals surface area contributed by atoms with E-state index in [2.05, 4.69) is 11.5 Å². The minimum Gasteiger partial charge on any atom is -0.454 e. The van der Waals surface area contributed by atoms with Crippen molar-refractivity contribution in [2.75, 3.05) is 19.7 Å². The molecule has 0 atom stereocenters. The Balaban J connectivity index is 1.63. The van der Waals surface area contributed by atoms with Crippen LogP contribution in [-0.2, 0) is 21.3 Å². The van der Waals surface area contributed by atoms with Gasteiger partial charge in [-0.15, -0.1) is 0 Å². The van der Waals surface area contributed by atoms with Crippen LogP contribution in [0.2, 0.25) is 0 Å². The molecule has 1 aliphatic heterocycles. The van der Waals surface area contributed by atoms with E-state index in [1.165, 1.54) is 28.6 Å². The molecule has 0 bridgehead atoms. The number of nitrogens with zero attached hydrogens (tertiary/aromatic N) is 2. The van der Waals surface area contributed by atoms with Crippen LogP contribution in [0, 0.1) is 13.8 Å². The van der Waals surface area contributed by atoms with Crippen molar-refractivity contribution in [1.82, 2.24) is 8.87 Å². The number of rotatable bonds is 8. The van der Waals surface area contributed by atoms with Crippen LogP contribution in [-0.4, -0.2) is 48.7 Å². The van der Waals surface area contributed by atoms with E-state index in [1.54, 1.807) is 0 Å². The summed E-state index contributed by atoms with van der Waals surface area (Å²) in [5, 5.41) is 0. The Bertz CT molecular complexity index is 1050. The van der Waals surface area contributed by atoms with Crippen molar-refractivity contribution in [3.8, 4) is 0 Å². The van der Waals surface area contributed by atoms with E-state index in [4.69, 9.17) is 4.74 Å². The second-order valence-electron chi connectivity index (χ2n) is 7.92. The summed E-state index contributed by atoms with van der Waals surface area (Å²) in [6.45, 7) is 7.43. The number of piperidine rings is 1. The molecule has 0 saturated carbocycles. The number of aromatic nitrogens is 1. The Morgan fingerprint density at radius 1 is 1.03 bits per heavy atom. The number of Topliss-reactive ketones (excluding diaryl/α,β-unsaturated/α-hetero) is 1. The van der Waals surface area contributed by atoms with E-state index >= 15 is 0 Å². The molecule has 3 rings (SSSR count). The highest BCUT2D eigenvalue weighted by Crippen LogP contribution is 2.21. The van der Waals surface area contributed by atoms with Gasteiger partial charge < -0.3 is 9.30 Å². The van der Waals surface area contributed by atoms with Crippen LogP contribution in [0.25, 0.3) is 0 Å². The Hall–Kier alpha value is -2.45. The van der Waals surface area contributed by atoms with Gasteiger partial charge in [-0.2, -0.15) is 4.31 Å². The second-order valence-corrected chi connectivity index (χ2v) is 9.86. The minimum absolute atomic E-state index is 0.158. The zero-order valence-corrected chi connectivity index (χ0v) is 19.2. The van der Waals surface area contributed by atoms with Crippen LogP contribution in [0.15, 0.2) is 35.2 Å². The average molecular weight is 447 g/mol. The third-order valence-electron chi connectivity index (χ3n) is 5.70. The number of aryl methyl sites for hydroxylation is 1. The van der Waals surface area contributed by atoms with Gasteiger partial charge in [0.05, 0.1) is 10.5 Å². The van der Waals surface area contributed by atoms with Crippen molar-refractivity contribution in [2.24, 2.45) is 0 Å². The number of ether oxygens (including phenoxy) is 1. The number of sulfonamides is 1. The molecule has 1 aliphatic rings. The molecule has 1 aromatic carbocycles. The number of esters is 1. The van der Waals surface area contributed by atoms with Gasteiger partial charge in [0, 0.05) is 36.6 Å². The van der Waals surface area contributed by atoms with Gasteiger partial charge in [0.1, 0.15) is 0 Å². The number of carbonyl (C=O) groups is 2. The summed E-state index contributed by atoms with van der Waals surface area (Å²) in [4.78, 5) is 25.1. The number of hydrogen-bond acceptors (Lipinski definition) is 5. The van der Waals surface area contributed by atoms with Crippen LogP contribution >= 0.6 is 0 Å². The van der Waals surface area contributed by atoms with E-state index in [0.29, 0.717) is 18.7 Å². The monoisotopic (exact) mass is 446 g/mol. The quantitative estimate of drug-likeness (QED) is 0.456.